The summed E-state index contributed by atoms with van der Waals surface area (Å²) in [6, 6.07) is 2.64. The van der Waals surface area contributed by atoms with Gasteiger partial charge in [0.2, 0.25) is 0 Å². The van der Waals surface area contributed by atoms with Gasteiger partial charge in [0.25, 0.3) is 0 Å². The summed E-state index contributed by atoms with van der Waals surface area (Å²) in [6.45, 7) is 0.132. The number of benzene rings is 1. The minimum absolute atomic E-state index is 0.0339. The molecule has 1 heterocycles. The van der Waals surface area contributed by atoms with Crippen LogP contribution in [-0.4, -0.2) is 17.7 Å². The van der Waals surface area contributed by atoms with E-state index in [1.54, 1.807) is 6.07 Å². The number of halogens is 1. The van der Waals surface area contributed by atoms with Crippen LogP contribution >= 0.6 is 0 Å². The van der Waals surface area contributed by atoms with Crippen molar-refractivity contribution in [2.24, 2.45) is 5.11 Å². The molecule has 2 rings (SSSR count). The zero-order valence-electron chi connectivity index (χ0n) is 10.2. The first-order chi connectivity index (χ1) is 9.63. The van der Waals surface area contributed by atoms with Crippen molar-refractivity contribution in [3.8, 4) is 5.75 Å². The van der Waals surface area contributed by atoms with Crippen LogP contribution in [0.4, 0.5) is 10.1 Å². The largest absolute Gasteiger partial charge is 0.493 e. The van der Waals surface area contributed by atoms with Crippen LogP contribution in [0.5, 0.6) is 5.75 Å². The van der Waals surface area contributed by atoms with Crippen LogP contribution in [-0.2, 0) is 4.79 Å². The molecular formula is C12H10FN3O4. The molecule has 0 atom stereocenters. The van der Waals surface area contributed by atoms with Gasteiger partial charge in [-0.1, -0.05) is 5.11 Å². The molecule has 0 saturated carbocycles. The van der Waals surface area contributed by atoms with Crippen LogP contribution in [0.3, 0.4) is 0 Å². The fourth-order valence-electron chi connectivity index (χ4n) is 1.72. The SMILES string of the molecule is [N-]=[N+]=Nc1c(F)cc(OCCCC(=O)O)c2ccoc12. The van der Waals surface area contributed by atoms with Crippen LogP contribution in [0, 0.1) is 5.82 Å². The molecule has 0 bridgehead atoms. The third-order valence-corrected chi connectivity index (χ3v) is 2.57. The lowest BCUT2D eigenvalue weighted by Crippen LogP contribution is -2.02. The summed E-state index contributed by atoms with van der Waals surface area (Å²) < 4.78 is 24.2. The lowest BCUT2D eigenvalue weighted by atomic mass is 10.2. The number of carboxylic acid groups (broad SMARTS) is 1. The van der Waals surface area contributed by atoms with E-state index < -0.39 is 11.8 Å². The quantitative estimate of drug-likeness (QED) is 0.375. The van der Waals surface area contributed by atoms with Crippen molar-refractivity contribution in [3.63, 3.8) is 0 Å². The second-order valence-corrected chi connectivity index (χ2v) is 3.90. The molecule has 7 nitrogen and oxygen atoms in total. The zero-order valence-corrected chi connectivity index (χ0v) is 10.2. The van der Waals surface area contributed by atoms with Gasteiger partial charge < -0.3 is 14.3 Å². The minimum Gasteiger partial charge on any atom is -0.493 e. The molecule has 0 radical (unpaired) electrons. The number of furan rings is 1. The van der Waals surface area contributed by atoms with Gasteiger partial charge in [-0.3, -0.25) is 4.79 Å². The summed E-state index contributed by atoms with van der Waals surface area (Å²) in [5.41, 5.74) is 8.26. The highest BCUT2D eigenvalue weighted by atomic mass is 19.1. The summed E-state index contributed by atoms with van der Waals surface area (Å²) >= 11 is 0. The molecule has 0 saturated heterocycles. The van der Waals surface area contributed by atoms with Crippen molar-refractivity contribution in [1.82, 2.24) is 0 Å². The van der Waals surface area contributed by atoms with E-state index in [-0.39, 0.29) is 30.0 Å². The standard InChI is InChI=1S/C12H10FN3O4/c13-8-6-9(19-4-1-2-10(17)18)7-3-5-20-12(7)11(8)15-16-14/h3,5-6H,1-2,4H2,(H,17,18). The molecule has 0 unspecified atom stereocenters. The number of hydrogen-bond donors (Lipinski definition) is 1. The van der Waals surface area contributed by atoms with Gasteiger partial charge in [-0.05, 0) is 18.0 Å². The monoisotopic (exact) mass is 279 g/mol. The minimum atomic E-state index is -0.924. The summed E-state index contributed by atoms with van der Waals surface area (Å²) in [7, 11) is 0. The molecule has 0 aliphatic carbocycles. The van der Waals surface area contributed by atoms with E-state index in [9.17, 15) is 9.18 Å². The fraction of sp³-hybridized carbons (Fsp3) is 0.250. The Morgan fingerprint density at radius 2 is 2.40 bits per heavy atom. The topological polar surface area (TPSA) is 108 Å². The molecule has 0 fully saturated rings. The van der Waals surface area contributed by atoms with Gasteiger partial charge in [0.1, 0.15) is 22.8 Å². The predicted octanol–water partition coefficient (Wildman–Crippen LogP) is 3.76. The number of rotatable bonds is 6. The number of nitrogens with zero attached hydrogens (tertiary/aromatic N) is 3. The molecular weight excluding hydrogens is 269 g/mol. The van der Waals surface area contributed by atoms with Gasteiger partial charge in [-0.2, -0.15) is 0 Å². The number of ether oxygens (including phenoxy) is 1. The molecule has 0 aliphatic heterocycles. The van der Waals surface area contributed by atoms with Gasteiger partial charge in [0, 0.05) is 17.4 Å². The maximum atomic E-state index is 13.8. The Morgan fingerprint density at radius 1 is 1.60 bits per heavy atom. The van der Waals surface area contributed by atoms with Crippen molar-refractivity contribution in [2.45, 2.75) is 12.8 Å². The molecule has 1 N–H and O–H groups in total. The Labute approximate surface area is 112 Å². The highest BCUT2D eigenvalue weighted by Gasteiger charge is 2.15. The molecule has 1 aromatic carbocycles. The molecule has 2 aromatic rings. The number of fused-ring (bicyclic) bond motifs is 1. The van der Waals surface area contributed by atoms with E-state index in [0.29, 0.717) is 11.8 Å². The van der Waals surface area contributed by atoms with Crippen LogP contribution in [0.25, 0.3) is 21.4 Å². The maximum Gasteiger partial charge on any atom is 0.303 e. The van der Waals surface area contributed by atoms with Gasteiger partial charge in [0.15, 0.2) is 0 Å². The van der Waals surface area contributed by atoms with E-state index in [2.05, 4.69) is 10.0 Å². The number of aliphatic carboxylic acids is 1. The molecule has 1 aromatic heterocycles. The maximum absolute atomic E-state index is 13.8. The van der Waals surface area contributed by atoms with E-state index in [1.807, 2.05) is 0 Å². The zero-order chi connectivity index (χ0) is 14.5. The third kappa shape index (κ3) is 2.81. The molecule has 104 valence electrons. The lowest BCUT2D eigenvalue weighted by Gasteiger charge is -2.08. The Kier molecular flexibility index (Phi) is 4.07. The molecule has 0 spiro atoms. The third-order valence-electron chi connectivity index (χ3n) is 2.57. The number of carboxylic acids is 1. The van der Waals surface area contributed by atoms with Crippen LogP contribution in [0.1, 0.15) is 12.8 Å². The normalized spacial score (nSPS) is 10.2. The molecule has 8 heteroatoms. The Bertz CT molecular complexity index is 691. The van der Waals surface area contributed by atoms with Gasteiger partial charge >= 0.3 is 5.97 Å². The van der Waals surface area contributed by atoms with E-state index in [4.69, 9.17) is 19.8 Å². The second-order valence-electron chi connectivity index (χ2n) is 3.90. The highest BCUT2D eigenvalue weighted by Crippen LogP contribution is 2.37. The van der Waals surface area contributed by atoms with Crippen LogP contribution in [0.2, 0.25) is 0 Å². The van der Waals surface area contributed by atoms with Crippen molar-refractivity contribution in [3.05, 3.63) is 34.7 Å². The van der Waals surface area contributed by atoms with Crippen molar-refractivity contribution >= 4 is 22.6 Å². The van der Waals surface area contributed by atoms with Gasteiger partial charge in [-0.15, -0.1) is 0 Å². The Hall–Kier alpha value is -2.73. The summed E-state index contributed by atoms with van der Waals surface area (Å²) in [6.07, 6.45) is 1.59. The highest BCUT2D eigenvalue weighted by molar-refractivity contribution is 5.92. The van der Waals surface area contributed by atoms with E-state index >= 15 is 0 Å². The number of hydrogen-bond acceptors (Lipinski definition) is 4. The smallest absolute Gasteiger partial charge is 0.303 e. The first-order valence-electron chi connectivity index (χ1n) is 5.73. The number of azide groups is 1. The first-order valence-corrected chi connectivity index (χ1v) is 5.73. The fourth-order valence-corrected chi connectivity index (χ4v) is 1.72. The summed E-state index contributed by atoms with van der Waals surface area (Å²) in [5.74, 6) is -1.47. The lowest BCUT2D eigenvalue weighted by molar-refractivity contribution is -0.137. The molecule has 0 aliphatic rings. The van der Waals surface area contributed by atoms with Gasteiger partial charge in [0.05, 0.1) is 18.3 Å². The number of carbonyl (C=O) groups is 1. The predicted molar refractivity (Wildman–Crippen MR) is 67.3 cm³/mol. The van der Waals surface area contributed by atoms with Crippen molar-refractivity contribution < 1.29 is 23.4 Å². The molecule has 20 heavy (non-hydrogen) atoms. The van der Waals surface area contributed by atoms with E-state index in [0.717, 1.165) is 6.07 Å². The van der Waals surface area contributed by atoms with Gasteiger partial charge in [-0.25, -0.2) is 4.39 Å². The molecule has 0 amide bonds. The summed E-state index contributed by atoms with van der Waals surface area (Å²) in [5, 5.41) is 12.2. The van der Waals surface area contributed by atoms with E-state index in [1.165, 1.54) is 6.26 Å². The second kappa shape index (κ2) is 5.94. The van der Waals surface area contributed by atoms with Crippen molar-refractivity contribution in [2.75, 3.05) is 6.61 Å². The first kappa shape index (κ1) is 13.7. The Balaban J connectivity index is 2.26. The van der Waals surface area contributed by atoms with Crippen LogP contribution in [0.15, 0.2) is 27.9 Å². The van der Waals surface area contributed by atoms with Crippen molar-refractivity contribution in [1.29, 1.82) is 0 Å². The average molecular weight is 279 g/mol. The summed E-state index contributed by atoms with van der Waals surface area (Å²) in [4.78, 5) is 12.9. The van der Waals surface area contributed by atoms with Crippen LogP contribution < -0.4 is 4.74 Å². The average Bonchev–Trinajstić information content (AvgIpc) is 2.87. The Morgan fingerprint density at radius 3 is 3.10 bits per heavy atom.